The maximum atomic E-state index is 11.7. The minimum Gasteiger partial charge on any atom is -0.303 e. The first-order chi connectivity index (χ1) is 4.87. The molecule has 0 N–H and O–H groups in total. The number of hydrogen-bond acceptors (Lipinski definition) is 1. The molecule has 4 heteroatoms. The Morgan fingerprint density at radius 2 is 1.82 bits per heavy atom. The van der Waals surface area contributed by atoms with Crippen molar-refractivity contribution in [1.82, 2.24) is 0 Å². The minimum atomic E-state index is -4.23. The van der Waals surface area contributed by atoms with Crippen molar-refractivity contribution in [1.29, 1.82) is 0 Å². The van der Waals surface area contributed by atoms with Crippen LogP contribution in [0.15, 0.2) is 0 Å². The van der Waals surface area contributed by atoms with Gasteiger partial charge in [-0.15, -0.1) is 0 Å². The second-order valence-electron chi connectivity index (χ2n) is 2.86. The zero-order chi connectivity index (χ0) is 9.07. The predicted octanol–water partition coefficient (Wildman–Crippen LogP) is 2.41. The monoisotopic (exact) mass is 168 g/mol. The van der Waals surface area contributed by atoms with Crippen LogP contribution in [0.1, 0.15) is 20.3 Å². The van der Waals surface area contributed by atoms with Gasteiger partial charge in [0.1, 0.15) is 6.29 Å². The zero-order valence-corrected chi connectivity index (χ0v) is 6.48. The van der Waals surface area contributed by atoms with Gasteiger partial charge in [-0.25, -0.2) is 0 Å². The number of carbonyl (C=O) groups is 1. The summed E-state index contributed by atoms with van der Waals surface area (Å²) in [6.45, 7) is 3.20. The summed E-state index contributed by atoms with van der Waals surface area (Å²) in [6.07, 6.45) is -4.86. The van der Waals surface area contributed by atoms with Crippen molar-refractivity contribution in [2.24, 2.45) is 11.8 Å². The molecule has 0 amide bonds. The summed E-state index contributed by atoms with van der Waals surface area (Å²) < 4.78 is 35.1. The summed E-state index contributed by atoms with van der Waals surface area (Å²) in [7, 11) is 0. The summed E-state index contributed by atoms with van der Waals surface area (Å²) in [5.74, 6) is -1.14. The molecule has 0 aliphatic carbocycles. The molecule has 1 unspecified atom stereocenters. The van der Waals surface area contributed by atoms with Gasteiger partial charge in [-0.05, 0) is 5.92 Å². The van der Waals surface area contributed by atoms with Crippen LogP contribution in [-0.2, 0) is 4.79 Å². The van der Waals surface area contributed by atoms with Crippen LogP contribution in [0.25, 0.3) is 0 Å². The molecule has 0 spiro atoms. The van der Waals surface area contributed by atoms with Crippen LogP contribution in [-0.4, -0.2) is 12.5 Å². The first kappa shape index (κ1) is 10.5. The molecule has 0 fully saturated rings. The SMILES string of the molecule is CC(C)C(C=O)CC(F)(F)F. The van der Waals surface area contributed by atoms with Crippen LogP contribution in [0.5, 0.6) is 0 Å². The fourth-order valence-corrected chi connectivity index (χ4v) is 0.708. The van der Waals surface area contributed by atoms with Gasteiger partial charge in [0, 0.05) is 5.92 Å². The number of halogens is 3. The van der Waals surface area contributed by atoms with Crippen molar-refractivity contribution >= 4 is 6.29 Å². The largest absolute Gasteiger partial charge is 0.389 e. The highest BCUT2D eigenvalue weighted by Gasteiger charge is 2.32. The lowest BCUT2D eigenvalue weighted by Crippen LogP contribution is -2.20. The summed E-state index contributed by atoms with van der Waals surface area (Å²) in [5.41, 5.74) is 0. The highest BCUT2D eigenvalue weighted by atomic mass is 19.4. The van der Waals surface area contributed by atoms with Crippen LogP contribution in [0, 0.1) is 11.8 Å². The molecule has 0 aromatic carbocycles. The lowest BCUT2D eigenvalue weighted by Gasteiger charge is -2.15. The molecule has 0 radical (unpaired) electrons. The summed E-state index contributed by atoms with van der Waals surface area (Å²) in [4.78, 5) is 10.1. The predicted molar refractivity (Wildman–Crippen MR) is 35.1 cm³/mol. The molecule has 1 atom stereocenters. The van der Waals surface area contributed by atoms with Crippen molar-refractivity contribution in [3.05, 3.63) is 0 Å². The maximum Gasteiger partial charge on any atom is 0.389 e. The number of aldehydes is 1. The highest BCUT2D eigenvalue weighted by Crippen LogP contribution is 2.27. The van der Waals surface area contributed by atoms with Gasteiger partial charge in [-0.3, -0.25) is 0 Å². The standard InChI is InChI=1S/C7H11F3O/c1-5(2)6(4-11)3-7(8,9)10/h4-6H,3H2,1-2H3. The van der Waals surface area contributed by atoms with Crippen molar-refractivity contribution < 1.29 is 18.0 Å². The average molecular weight is 168 g/mol. The lowest BCUT2D eigenvalue weighted by molar-refractivity contribution is -0.151. The topological polar surface area (TPSA) is 17.1 Å². The fourth-order valence-electron chi connectivity index (χ4n) is 0.708. The summed E-state index contributed by atoms with van der Waals surface area (Å²) in [5, 5.41) is 0. The van der Waals surface area contributed by atoms with Crippen LogP contribution >= 0.6 is 0 Å². The zero-order valence-electron chi connectivity index (χ0n) is 6.48. The third kappa shape index (κ3) is 4.81. The number of carbonyl (C=O) groups excluding carboxylic acids is 1. The minimum absolute atomic E-state index is 0.242. The number of hydrogen-bond donors (Lipinski definition) is 0. The van der Waals surface area contributed by atoms with Gasteiger partial charge < -0.3 is 4.79 Å². The van der Waals surface area contributed by atoms with E-state index in [1.165, 1.54) is 0 Å². The molecule has 0 heterocycles. The normalized spacial score (nSPS) is 15.1. The van der Waals surface area contributed by atoms with E-state index in [2.05, 4.69) is 0 Å². The molecular formula is C7H11F3O. The van der Waals surface area contributed by atoms with Gasteiger partial charge in [0.2, 0.25) is 0 Å². The summed E-state index contributed by atoms with van der Waals surface area (Å²) in [6, 6.07) is 0. The molecule has 1 nitrogen and oxygen atoms in total. The third-order valence-corrected chi connectivity index (χ3v) is 1.50. The second kappa shape index (κ2) is 3.74. The van der Waals surface area contributed by atoms with E-state index in [0.29, 0.717) is 6.29 Å². The molecular weight excluding hydrogens is 157 g/mol. The van der Waals surface area contributed by atoms with Gasteiger partial charge in [-0.2, -0.15) is 13.2 Å². The van der Waals surface area contributed by atoms with Gasteiger partial charge in [-0.1, -0.05) is 13.8 Å². The molecule has 0 aromatic rings. The highest BCUT2D eigenvalue weighted by molar-refractivity contribution is 5.53. The van der Waals surface area contributed by atoms with Gasteiger partial charge >= 0.3 is 6.18 Å². The Bertz CT molecular complexity index is 128. The summed E-state index contributed by atoms with van der Waals surface area (Å²) >= 11 is 0. The van der Waals surface area contributed by atoms with Crippen LogP contribution in [0.2, 0.25) is 0 Å². The average Bonchev–Trinajstić information content (AvgIpc) is 1.80. The Morgan fingerprint density at radius 1 is 1.36 bits per heavy atom. The second-order valence-corrected chi connectivity index (χ2v) is 2.86. The first-order valence-electron chi connectivity index (χ1n) is 3.39. The Balaban J connectivity index is 3.99. The van der Waals surface area contributed by atoms with E-state index in [4.69, 9.17) is 0 Å². The Kier molecular flexibility index (Phi) is 3.55. The van der Waals surface area contributed by atoms with E-state index in [0.717, 1.165) is 0 Å². The quantitative estimate of drug-likeness (QED) is 0.591. The van der Waals surface area contributed by atoms with E-state index in [9.17, 15) is 18.0 Å². The third-order valence-electron chi connectivity index (χ3n) is 1.50. The molecule has 66 valence electrons. The maximum absolute atomic E-state index is 11.7. The number of rotatable bonds is 3. The van der Waals surface area contributed by atoms with E-state index in [-0.39, 0.29) is 5.92 Å². The van der Waals surface area contributed by atoms with Crippen LogP contribution < -0.4 is 0 Å². The molecule has 0 aliphatic rings. The smallest absolute Gasteiger partial charge is 0.303 e. The molecule has 0 bridgehead atoms. The van der Waals surface area contributed by atoms with Crippen LogP contribution in [0.3, 0.4) is 0 Å². The van der Waals surface area contributed by atoms with Crippen LogP contribution in [0.4, 0.5) is 13.2 Å². The van der Waals surface area contributed by atoms with Gasteiger partial charge in [0.15, 0.2) is 0 Å². The Hall–Kier alpha value is -0.540. The molecule has 0 rings (SSSR count). The Labute approximate surface area is 63.6 Å². The van der Waals surface area contributed by atoms with E-state index < -0.39 is 18.5 Å². The fraction of sp³-hybridized carbons (Fsp3) is 0.857. The van der Waals surface area contributed by atoms with E-state index in [1.807, 2.05) is 0 Å². The van der Waals surface area contributed by atoms with Crippen molar-refractivity contribution in [2.75, 3.05) is 0 Å². The van der Waals surface area contributed by atoms with Crippen molar-refractivity contribution in [3.63, 3.8) is 0 Å². The van der Waals surface area contributed by atoms with Gasteiger partial charge in [0.25, 0.3) is 0 Å². The van der Waals surface area contributed by atoms with Crippen molar-refractivity contribution in [3.8, 4) is 0 Å². The molecule has 11 heavy (non-hydrogen) atoms. The van der Waals surface area contributed by atoms with Gasteiger partial charge in [0.05, 0.1) is 6.42 Å². The first-order valence-corrected chi connectivity index (χ1v) is 3.39. The lowest BCUT2D eigenvalue weighted by atomic mass is 9.94. The molecule has 0 aromatic heterocycles. The number of alkyl halides is 3. The van der Waals surface area contributed by atoms with E-state index >= 15 is 0 Å². The molecule has 0 saturated carbocycles. The molecule has 0 saturated heterocycles. The Morgan fingerprint density at radius 3 is 1.91 bits per heavy atom. The van der Waals surface area contributed by atoms with Crippen molar-refractivity contribution in [2.45, 2.75) is 26.4 Å². The molecule has 0 aliphatic heterocycles. The van der Waals surface area contributed by atoms with E-state index in [1.54, 1.807) is 13.8 Å².